The summed E-state index contributed by atoms with van der Waals surface area (Å²) in [5.41, 5.74) is 2.32. The largest absolute Gasteiger partial charge is 0.319 e. The number of hydrogen-bond acceptors (Lipinski definition) is 2. The van der Waals surface area contributed by atoms with Crippen LogP contribution in [0.1, 0.15) is 18.7 Å². The highest BCUT2D eigenvalue weighted by molar-refractivity contribution is 7.09. The van der Waals surface area contributed by atoms with Gasteiger partial charge in [0.05, 0.1) is 5.69 Å². The van der Waals surface area contributed by atoms with Crippen molar-refractivity contribution in [2.45, 2.75) is 20.3 Å². The minimum absolute atomic E-state index is 0.158. The third kappa shape index (κ3) is 2.43. The lowest BCUT2D eigenvalue weighted by atomic mass is 10.1. The van der Waals surface area contributed by atoms with E-state index in [4.69, 9.17) is 0 Å². The Kier molecular flexibility index (Phi) is 3.77. The van der Waals surface area contributed by atoms with Gasteiger partial charge in [0.25, 0.3) is 0 Å². The Morgan fingerprint density at radius 3 is 2.56 bits per heavy atom. The molecular formula is C14H16N2OS. The number of thiazole rings is 1. The van der Waals surface area contributed by atoms with Crippen LogP contribution < -0.4 is 4.80 Å². The van der Waals surface area contributed by atoms with Crippen LogP contribution in [0, 0.1) is 0 Å². The molecule has 0 aliphatic rings. The van der Waals surface area contributed by atoms with Crippen molar-refractivity contribution in [2.75, 3.05) is 0 Å². The van der Waals surface area contributed by atoms with Crippen molar-refractivity contribution in [2.24, 2.45) is 12.0 Å². The molecule has 0 spiro atoms. The summed E-state index contributed by atoms with van der Waals surface area (Å²) in [5, 5.41) is 0. The minimum atomic E-state index is -0.158. The van der Waals surface area contributed by atoms with Crippen molar-refractivity contribution in [1.29, 1.82) is 0 Å². The molecule has 0 atom stereocenters. The van der Waals surface area contributed by atoms with Crippen LogP contribution in [-0.4, -0.2) is 10.5 Å². The zero-order valence-corrected chi connectivity index (χ0v) is 11.6. The number of aromatic nitrogens is 1. The van der Waals surface area contributed by atoms with Gasteiger partial charge in [0.2, 0.25) is 5.91 Å². The highest BCUT2D eigenvalue weighted by Gasteiger charge is 2.11. The van der Waals surface area contributed by atoms with Gasteiger partial charge >= 0.3 is 0 Å². The summed E-state index contributed by atoms with van der Waals surface area (Å²) >= 11 is 1.58. The van der Waals surface area contributed by atoms with Crippen LogP contribution in [0.4, 0.5) is 0 Å². The van der Waals surface area contributed by atoms with E-state index >= 15 is 0 Å². The molecule has 1 aromatic carbocycles. The third-order valence-corrected chi connectivity index (χ3v) is 4.00. The fourth-order valence-electron chi connectivity index (χ4n) is 1.93. The quantitative estimate of drug-likeness (QED) is 0.817. The van der Waals surface area contributed by atoms with E-state index in [1.165, 1.54) is 11.8 Å². The standard InChI is InChI=1S/C14H16N2OS/c1-4-12-13(11-8-6-5-7-9-11)16(3)14(18-12)15-10(2)17/h5-9H,4H2,1-3H3. The summed E-state index contributed by atoms with van der Waals surface area (Å²) < 4.78 is 2.00. The first-order valence-electron chi connectivity index (χ1n) is 5.93. The number of hydrogen-bond donors (Lipinski definition) is 0. The molecule has 3 nitrogen and oxygen atoms in total. The van der Waals surface area contributed by atoms with Gasteiger partial charge in [-0.3, -0.25) is 4.79 Å². The zero-order chi connectivity index (χ0) is 13.1. The van der Waals surface area contributed by atoms with Crippen molar-refractivity contribution < 1.29 is 4.79 Å². The van der Waals surface area contributed by atoms with Gasteiger partial charge in [-0.25, -0.2) is 0 Å². The maximum Gasteiger partial charge on any atom is 0.245 e. The molecule has 4 heteroatoms. The van der Waals surface area contributed by atoms with Crippen LogP contribution in [0.15, 0.2) is 35.3 Å². The number of aryl methyl sites for hydroxylation is 1. The predicted octanol–water partition coefficient (Wildman–Crippen LogP) is 2.76. The number of carbonyl (C=O) groups is 1. The van der Waals surface area contributed by atoms with Crippen LogP contribution in [0.3, 0.4) is 0 Å². The van der Waals surface area contributed by atoms with E-state index in [-0.39, 0.29) is 5.91 Å². The maximum absolute atomic E-state index is 11.1. The molecule has 0 N–H and O–H groups in total. The van der Waals surface area contributed by atoms with Crippen molar-refractivity contribution in [3.05, 3.63) is 40.0 Å². The molecule has 0 saturated carbocycles. The molecule has 0 bridgehead atoms. The number of carbonyl (C=O) groups excluding carboxylic acids is 1. The average Bonchev–Trinajstić information content (AvgIpc) is 2.66. The third-order valence-electron chi connectivity index (χ3n) is 2.72. The van der Waals surface area contributed by atoms with Crippen molar-refractivity contribution in [3.8, 4) is 11.3 Å². The molecule has 0 aliphatic carbocycles. The Morgan fingerprint density at radius 1 is 1.33 bits per heavy atom. The molecule has 0 radical (unpaired) electrons. The number of rotatable bonds is 2. The molecule has 1 amide bonds. The van der Waals surface area contributed by atoms with E-state index in [1.54, 1.807) is 11.3 Å². The van der Waals surface area contributed by atoms with Crippen LogP contribution in [-0.2, 0) is 18.3 Å². The van der Waals surface area contributed by atoms with Gasteiger partial charge < -0.3 is 4.57 Å². The molecule has 0 saturated heterocycles. The summed E-state index contributed by atoms with van der Waals surface area (Å²) in [6.07, 6.45) is 0.941. The number of benzene rings is 1. The number of nitrogens with zero attached hydrogens (tertiary/aromatic N) is 2. The molecule has 1 aromatic heterocycles. The predicted molar refractivity (Wildman–Crippen MR) is 74.3 cm³/mol. The minimum Gasteiger partial charge on any atom is -0.319 e. The molecular weight excluding hydrogens is 244 g/mol. The lowest BCUT2D eigenvalue weighted by Crippen LogP contribution is -2.13. The molecule has 94 valence electrons. The second-order valence-corrected chi connectivity index (χ2v) is 5.13. The molecule has 18 heavy (non-hydrogen) atoms. The molecule has 1 heterocycles. The summed E-state index contributed by atoms with van der Waals surface area (Å²) in [4.78, 5) is 17.2. The van der Waals surface area contributed by atoms with Gasteiger partial charge in [-0.1, -0.05) is 37.3 Å². The Hall–Kier alpha value is -1.68. The average molecular weight is 260 g/mol. The summed E-state index contributed by atoms with van der Waals surface area (Å²) in [6, 6.07) is 10.2. The maximum atomic E-state index is 11.1. The van der Waals surface area contributed by atoms with Crippen LogP contribution >= 0.6 is 11.3 Å². The van der Waals surface area contributed by atoms with E-state index in [9.17, 15) is 4.79 Å². The Labute approximate surface area is 110 Å². The SMILES string of the molecule is CCc1sc(=NC(C)=O)n(C)c1-c1ccccc1. The zero-order valence-electron chi connectivity index (χ0n) is 10.8. The van der Waals surface area contributed by atoms with Gasteiger partial charge in [-0.15, -0.1) is 11.3 Å². The molecule has 2 rings (SSSR count). The normalized spacial score (nSPS) is 11.8. The van der Waals surface area contributed by atoms with Crippen LogP contribution in [0.5, 0.6) is 0 Å². The highest BCUT2D eigenvalue weighted by Crippen LogP contribution is 2.25. The smallest absolute Gasteiger partial charge is 0.245 e. The first-order chi connectivity index (χ1) is 8.63. The van der Waals surface area contributed by atoms with Crippen molar-refractivity contribution >= 4 is 17.2 Å². The van der Waals surface area contributed by atoms with E-state index in [2.05, 4.69) is 24.0 Å². The van der Waals surface area contributed by atoms with E-state index < -0.39 is 0 Å². The highest BCUT2D eigenvalue weighted by atomic mass is 32.1. The fraction of sp³-hybridized carbons (Fsp3) is 0.286. The van der Waals surface area contributed by atoms with Crippen LogP contribution in [0.25, 0.3) is 11.3 Å². The van der Waals surface area contributed by atoms with Gasteiger partial charge in [0, 0.05) is 18.8 Å². The Bertz CT molecular complexity index is 623. The van der Waals surface area contributed by atoms with Crippen LogP contribution in [0.2, 0.25) is 0 Å². The Balaban J connectivity index is 2.68. The monoisotopic (exact) mass is 260 g/mol. The summed E-state index contributed by atoms with van der Waals surface area (Å²) in [7, 11) is 1.96. The van der Waals surface area contributed by atoms with Gasteiger partial charge in [-0.05, 0) is 12.0 Å². The lowest BCUT2D eigenvalue weighted by molar-refractivity contribution is -0.116. The lowest BCUT2D eigenvalue weighted by Gasteiger charge is -2.05. The van der Waals surface area contributed by atoms with Gasteiger partial charge in [0.15, 0.2) is 4.80 Å². The van der Waals surface area contributed by atoms with Gasteiger partial charge in [-0.2, -0.15) is 4.99 Å². The van der Waals surface area contributed by atoms with Crippen molar-refractivity contribution in [3.63, 3.8) is 0 Å². The Morgan fingerprint density at radius 2 is 2.00 bits per heavy atom. The van der Waals surface area contributed by atoms with E-state index in [0.717, 1.165) is 22.5 Å². The molecule has 0 aliphatic heterocycles. The second kappa shape index (κ2) is 5.31. The summed E-state index contributed by atoms with van der Waals surface area (Å²) in [5.74, 6) is -0.158. The molecule has 0 unspecified atom stereocenters. The topological polar surface area (TPSA) is 34.4 Å². The first-order valence-corrected chi connectivity index (χ1v) is 6.74. The number of amides is 1. The van der Waals surface area contributed by atoms with E-state index in [1.807, 2.05) is 29.8 Å². The fourth-order valence-corrected chi connectivity index (χ4v) is 3.05. The second-order valence-electron chi connectivity index (χ2n) is 4.07. The summed E-state index contributed by atoms with van der Waals surface area (Å²) in [6.45, 7) is 3.60. The first kappa shape index (κ1) is 12.8. The van der Waals surface area contributed by atoms with Crippen molar-refractivity contribution in [1.82, 2.24) is 4.57 Å². The van der Waals surface area contributed by atoms with Gasteiger partial charge in [0.1, 0.15) is 0 Å². The molecule has 2 aromatic rings. The van der Waals surface area contributed by atoms with E-state index in [0.29, 0.717) is 0 Å². The molecule has 0 fully saturated rings.